The first-order chi connectivity index (χ1) is 7.58. The Labute approximate surface area is 99.6 Å². The Balaban J connectivity index is 2.07. The lowest BCUT2D eigenvalue weighted by Gasteiger charge is -2.26. The van der Waals surface area contributed by atoms with Gasteiger partial charge in [-0.25, -0.2) is 0 Å². The molecule has 0 atom stereocenters. The molecule has 1 aliphatic carbocycles. The summed E-state index contributed by atoms with van der Waals surface area (Å²) in [4.78, 5) is 13.6. The molecule has 94 valence electrons. The van der Waals surface area contributed by atoms with Gasteiger partial charge in [-0.15, -0.1) is 0 Å². The van der Waals surface area contributed by atoms with Crippen LogP contribution in [0.1, 0.15) is 39.0 Å². The number of carbonyl (C=O) groups is 1. The molecule has 1 rings (SSSR count). The molecule has 1 saturated carbocycles. The predicted octanol–water partition coefficient (Wildman–Crippen LogP) is 1.88. The van der Waals surface area contributed by atoms with E-state index >= 15 is 0 Å². The number of amides is 1. The fraction of sp³-hybridized carbons (Fsp3) is 0.923. The Morgan fingerprint density at radius 3 is 2.44 bits per heavy atom. The molecule has 3 nitrogen and oxygen atoms in total. The van der Waals surface area contributed by atoms with Crippen molar-refractivity contribution in [3.05, 3.63) is 0 Å². The highest BCUT2D eigenvalue weighted by molar-refractivity contribution is 5.76. The molecule has 0 unspecified atom stereocenters. The fourth-order valence-corrected chi connectivity index (χ4v) is 2.20. The van der Waals surface area contributed by atoms with Gasteiger partial charge in [0.25, 0.3) is 0 Å². The summed E-state index contributed by atoms with van der Waals surface area (Å²) < 4.78 is 0. The van der Waals surface area contributed by atoms with Crippen LogP contribution in [0.4, 0.5) is 0 Å². The van der Waals surface area contributed by atoms with Crippen LogP contribution in [0.3, 0.4) is 0 Å². The van der Waals surface area contributed by atoms with Gasteiger partial charge in [-0.05, 0) is 38.8 Å². The average molecular weight is 226 g/mol. The van der Waals surface area contributed by atoms with Crippen molar-refractivity contribution >= 4 is 5.91 Å². The first-order valence-electron chi connectivity index (χ1n) is 6.49. The molecule has 0 radical (unpaired) electrons. The largest absolute Gasteiger partial charge is 0.356 e. The van der Waals surface area contributed by atoms with Crippen LogP contribution in [-0.2, 0) is 4.79 Å². The Morgan fingerprint density at radius 2 is 1.88 bits per heavy atom. The molecular formula is C13H26N2O. The van der Waals surface area contributed by atoms with Gasteiger partial charge in [0.2, 0.25) is 5.91 Å². The van der Waals surface area contributed by atoms with Crippen molar-refractivity contribution in [1.29, 1.82) is 0 Å². The van der Waals surface area contributed by atoms with Gasteiger partial charge in [-0.1, -0.05) is 19.8 Å². The Bertz CT molecular complexity index is 208. The predicted molar refractivity (Wildman–Crippen MR) is 67.3 cm³/mol. The van der Waals surface area contributed by atoms with Gasteiger partial charge in [0, 0.05) is 19.5 Å². The molecule has 1 fully saturated rings. The highest BCUT2D eigenvalue weighted by Gasteiger charge is 2.18. The Morgan fingerprint density at radius 1 is 1.25 bits per heavy atom. The quantitative estimate of drug-likeness (QED) is 0.776. The van der Waals surface area contributed by atoms with Crippen molar-refractivity contribution in [3.8, 4) is 0 Å². The van der Waals surface area contributed by atoms with E-state index in [0.717, 1.165) is 24.9 Å². The maximum atomic E-state index is 11.5. The van der Waals surface area contributed by atoms with Crippen molar-refractivity contribution in [1.82, 2.24) is 10.2 Å². The van der Waals surface area contributed by atoms with E-state index in [0.29, 0.717) is 6.42 Å². The van der Waals surface area contributed by atoms with E-state index in [1.807, 2.05) is 19.0 Å². The van der Waals surface area contributed by atoms with Gasteiger partial charge in [-0.3, -0.25) is 4.79 Å². The summed E-state index contributed by atoms with van der Waals surface area (Å²) in [5.74, 6) is 1.81. The van der Waals surface area contributed by atoms with Crippen molar-refractivity contribution in [2.75, 3.05) is 27.2 Å². The van der Waals surface area contributed by atoms with Crippen LogP contribution in [0.2, 0.25) is 0 Å². The van der Waals surface area contributed by atoms with Crippen molar-refractivity contribution in [2.24, 2.45) is 11.8 Å². The number of carbonyl (C=O) groups excluding carboxylic acids is 1. The van der Waals surface area contributed by atoms with Crippen molar-refractivity contribution in [3.63, 3.8) is 0 Å². The molecule has 0 aliphatic heterocycles. The third kappa shape index (κ3) is 5.50. The monoisotopic (exact) mass is 226 g/mol. The lowest BCUT2D eigenvalue weighted by atomic mass is 9.83. The van der Waals surface area contributed by atoms with Crippen LogP contribution in [0.5, 0.6) is 0 Å². The number of hydrogen-bond donors (Lipinski definition) is 1. The molecular weight excluding hydrogens is 200 g/mol. The normalized spacial score (nSPS) is 25.8. The molecule has 0 saturated heterocycles. The van der Waals surface area contributed by atoms with Crippen LogP contribution in [0, 0.1) is 11.8 Å². The van der Waals surface area contributed by atoms with E-state index in [1.165, 1.54) is 25.7 Å². The molecule has 0 bridgehead atoms. The zero-order chi connectivity index (χ0) is 12.0. The van der Waals surface area contributed by atoms with Crippen LogP contribution in [-0.4, -0.2) is 38.0 Å². The second kappa shape index (κ2) is 6.89. The maximum Gasteiger partial charge on any atom is 0.221 e. The molecule has 0 aromatic heterocycles. The fourth-order valence-electron chi connectivity index (χ4n) is 2.20. The van der Waals surface area contributed by atoms with E-state index in [1.54, 1.807) is 0 Å². The molecule has 0 spiro atoms. The first kappa shape index (κ1) is 13.5. The Kier molecular flexibility index (Phi) is 5.81. The third-order valence-corrected chi connectivity index (χ3v) is 3.51. The molecule has 0 heterocycles. The highest BCUT2D eigenvalue weighted by atomic mass is 16.1. The van der Waals surface area contributed by atoms with Crippen LogP contribution >= 0.6 is 0 Å². The number of nitrogens with one attached hydrogen (secondary N) is 1. The zero-order valence-corrected chi connectivity index (χ0v) is 11.0. The minimum atomic E-state index is 0.201. The molecule has 1 aliphatic rings. The van der Waals surface area contributed by atoms with Crippen molar-refractivity contribution in [2.45, 2.75) is 39.0 Å². The van der Waals surface area contributed by atoms with E-state index in [2.05, 4.69) is 12.2 Å². The van der Waals surface area contributed by atoms with E-state index < -0.39 is 0 Å². The lowest BCUT2D eigenvalue weighted by molar-refractivity contribution is -0.121. The van der Waals surface area contributed by atoms with Crippen molar-refractivity contribution < 1.29 is 4.79 Å². The summed E-state index contributed by atoms with van der Waals surface area (Å²) in [6, 6.07) is 0. The van der Waals surface area contributed by atoms with E-state index in [4.69, 9.17) is 0 Å². The summed E-state index contributed by atoms with van der Waals surface area (Å²) >= 11 is 0. The molecule has 3 heteroatoms. The topological polar surface area (TPSA) is 32.3 Å². The number of rotatable bonds is 5. The van der Waals surface area contributed by atoms with Gasteiger partial charge in [0.15, 0.2) is 0 Å². The molecule has 1 amide bonds. The second-order valence-corrected chi connectivity index (χ2v) is 5.48. The van der Waals surface area contributed by atoms with Gasteiger partial charge < -0.3 is 10.2 Å². The van der Waals surface area contributed by atoms with Gasteiger partial charge in [0.05, 0.1) is 0 Å². The van der Waals surface area contributed by atoms with Gasteiger partial charge >= 0.3 is 0 Å². The van der Waals surface area contributed by atoms with Gasteiger partial charge in [-0.2, -0.15) is 0 Å². The van der Waals surface area contributed by atoms with Crippen LogP contribution < -0.4 is 5.32 Å². The average Bonchev–Trinajstić information content (AvgIpc) is 2.25. The molecule has 16 heavy (non-hydrogen) atoms. The van der Waals surface area contributed by atoms with Crippen LogP contribution in [0.25, 0.3) is 0 Å². The standard InChI is InChI=1S/C13H26N2O/c1-11-4-6-12(7-5-11)10-14-13(16)8-9-15(2)3/h11-12H,4-10H2,1-3H3,(H,14,16)/t11-,12-. The second-order valence-electron chi connectivity index (χ2n) is 5.48. The minimum Gasteiger partial charge on any atom is -0.356 e. The SMILES string of the molecule is CN(C)CCC(=O)NC[C@H]1CC[C@H](C)CC1. The first-order valence-corrected chi connectivity index (χ1v) is 6.49. The summed E-state index contributed by atoms with van der Waals surface area (Å²) in [6.07, 6.45) is 5.86. The Hall–Kier alpha value is -0.570. The summed E-state index contributed by atoms with van der Waals surface area (Å²) in [5.41, 5.74) is 0. The summed E-state index contributed by atoms with van der Waals surface area (Å²) in [6.45, 7) is 4.05. The molecule has 0 aromatic rings. The van der Waals surface area contributed by atoms with E-state index in [9.17, 15) is 4.79 Å². The highest BCUT2D eigenvalue weighted by Crippen LogP contribution is 2.27. The minimum absolute atomic E-state index is 0.201. The third-order valence-electron chi connectivity index (χ3n) is 3.51. The summed E-state index contributed by atoms with van der Waals surface area (Å²) in [7, 11) is 3.99. The van der Waals surface area contributed by atoms with Crippen LogP contribution in [0.15, 0.2) is 0 Å². The smallest absolute Gasteiger partial charge is 0.221 e. The maximum absolute atomic E-state index is 11.5. The van der Waals surface area contributed by atoms with E-state index in [-0.39, 0.29) is 5.91 Å². The number of nitrogens with zero attached hydrogens (tertiary/aromatic N) is 1. The zero-order valence-electron chi connectivity index (χ0n) is 11.0. The molecule has 0 aromatic carbocycles. The lowest BCUT2D eigenvalue weighted by Crippen LogP contribution is -2.32. The number of hydrogen-bond acceptors (Lipinski definition) is 2. The van der Waals surface area contributed by atoms with Gasteiger partial charge in [0.1, 0.15) is 0 Å². The summed E-state index contributed by atoms with van der Waals surface area (Å²) in [5, 5.41) is 3.06. The molecule has 1 N–H and O–H groups in total.